The van der Waals surface area contributed by atoms with Crippen LogP contribution in [0.1, 0.15) is 48.4 Å². The molecule has 2 aromatic heterocycles. The molecule has 2 N–H and O–H groups in total. The third-order valence-electron chi connectivity index (χ3n) is 6.82. The molecule has 1 fully saturated rings. The molecule has 38 heavy (non-hydrogen) atoms. The molecule has 0 spiro atoms. The Morgan fingerprint density at radius 3 is 2.42 bits per heavy atom. The van der Waals surface area contributed by atoms with E-state index in [-0.39, 0.29) is 22.7 Å². The fourth-order valence-electron chi connectivity index (χ4n) is 4.69. The first-order valence-electron chi connectivity index (χ1n) is 12.1. The predicted octanol–water partition coefficient (Wildman–Crippen LogP) is 5.87. The number of aliphatic hydroxyl groups is 1. The van der Waals surface area contributed by atoms with Crippen LogP contribution in [0.5, 0.6) is 11.5 Å². The first-order chi connectivity index (χ1) is 18.0. The normalized spacial score (nSPS) is 17.4. The highest BCUT2D eigenvalue weighted by atomic mass is 32.1. The smallest absolute Gasteiger partial charge is 0.302 e. The highest BCUT2D eigenvalue weighted by Crippen LogP contribution is 2.44. The Hall–Kier alpha value is -4.11. The van der Waals surface area contributed by atoms with E-state index in [4.69, 9.17) is 9.47 Å². The van der Waals surface area contributed by atoms with Crippen molar-refractivity contribution in [2.24, 2.45) is 0 Å². The number of methoxy groups -OCH3 is 2. The average molecular weight is 532 g/mol. The molecule has 3 heterocycles. The first kappa shape index (κ1) is 25.5. The number of aliphatic hydroxyl groups excluding tert-OH is 1. The maximum Gasteiger partial charge on any atom is 0.302 e. The molecule has 1 saturated heterocycles. The summed E-state index contributed by atoms with van der Waals surface area (Å²) >= 11 is 1.40. The van der Waals surface area contributed by atoms with Crippen LogP contribution < -0.4 is 14.4 Å². The lowest BCUT2D eigenvalue weighted by molar-refractivity contribution is -0.132. The monoisotopic (exact) mass is 531 g/mol. The van der Waals surface area contributed by atoms with Gasteiger partial charge >= 0.3 is 5.91 Å². The van der Waals surface area contributed by atoms with E-state index >= 15 is 0 Å². The minimum Gasteiger partial charge on any atom is -0.507 e. The Labute approximate surface area is 224 Å². The molecule has 1 aliphatic heterocycles. The summed E-state index contributed by atoms with van der Waals surface area (Å²) in [7, 11) is 3.07. The number of nitrogens with one attached hydrogen (secondary N) is 1. The number of hydrogen-bond acceptors (Lipinski definition) is 7. The number of aryl methyl sites for hydroxylation is 1. The minimum atomic E-state index is -0.850. The molecule has 0 bridgehead atoms. The Bertz CT molecular complexity index is 1550. The molecule has 1 atom stereocenters. The number of H-pyrrole nitrogens is 1. The number of ketones is 1. The lowest BCUT2D eigenvalue weighted by atomic mass is 9.84. The van der Waals surface area contributed by atoms with Crippen LogP contribution in [0, 0.1) is 6.92 Å². The van der Waals surface area contributed by atoms with E-state index in [0.717, 1.165) is 16.0 Å². The van der Waals surface area contributed by atoms with Crippen LogP contribution in [0.15, 0.2) is 53.4 Å². The number of thiophene rings is 1. The summed E-state index contributed by atoms with van der Waals surface area (Å²) in [5.74, 6) is -0.558. The highest BCUT2D eigenvalue weighted by Gasteiger charge is 2.48. The third-order valence-corrected chi connectivity index (χ3v) is 7.74. The molecule has 5 rings (SSSR count). The minimum absolute atomic E-state index is 0.0298. The van der Waals surface area contributed by atoms with Gasteiger partial charge in [-0.05, 0) is 41.0 Å². The van der Waals surface area contributed by atoms with Gasteiger partial charge in [0.25, 0.3) is 5.78 Å². The molecule has 9 heteroatoms. The summed E-state index contributed by atoms with van der Waals surface area (Å²) in [5.41, 5.74) is 3.34. The number of aromatic amines is 1. The fourth-order valence-corrected chi connectivity index (χ4v) is 5.52. The van der Waals surface area contributed by atoms with Gasteiger partial charge in [0.2, 0.25) is 5.95 Å². The SMILES string of the molecule is COc1cc2nc(N3C(=O)C(=O)/C(=C(/O)c4cc(C(C)(C)C)ccc4C)C3c3cccs3)[nH]c2cc1OC. The van der Waals surface area contributed by atoms with Crippen LogP contribution in [0.3, 0.4) is 0 Å². The van der Waals surface area contributed by atoms with E-state index in [1.54, 1.807) is 12.1 Å². The molecule has 8 nitrogen and oxygen atoms in total. The summed E-state index contributed by atoms with van der Waals surface area (Å²) in [4.78, 5) is 36.9. The highest BCUT2D eigenvalue weighted by molar-refractivity contribution is 7.10. The molecule has 0 radical (unpaired) electrons. The van der Waals surface area contributed by atoms with Crippen LogP contribution in [-0.2, 0) is 15.0 Å². The van der Waals surface area contributed by atoms with Crippen molar-refractivity contribution in [2.45, 2.75) is 39.2 Å². The van der Waals surface area contributed by atoms with E-state index in [0.29, 0.717) is 28.1 Å². The van der Waals surface area contributed by atoms with Crippen LogP contribution >= 0.6 is 11.3 Å². The summed E-state index contributed by atoms with van der Waals surface area (Å²) in [5, 5.41) is 13.5. The number of amides is 1. The third kappa shape index (κ3) is 4.12. The number of hydrogen-bond donors (Lipinski definition) is 2. The van der Waals surface area contributed by atoms with Crippen molar-refractivity contribution in [3.05, 3.63) is 75.0 Å². The number of carbonyl (C=O) groups excluding carboxylic acids is 2. The Morgan fingerprint density at radius 2 is 1.79 bits per heavy atom. The van der Waals surface area contributed by atoms with Crippen molar-refractivity contribution in [2.75, 3.05) is 19.1 Å². The molecule has 1 amide bonds. The lowest BCUT2D eigenvalue weighted by Crippen LogP contribution is -2.30. The van der Waals surface area contributed by atoms with Crippen molar-refractivity contribution >= 4 is 45.8 Å². The lowest BCUT2D eigenvalue weighted by Gasteiger charge is -2.23. The number of carbonyl (C=O) groups is 2. The zero-order chi connectivity index (χ0) is 27.4. The van der Waals surface area contributed by atoms with Crippen molar-refractivity contribution < 1.29 is 24.2 Å². The number of imidazole rings is 1. The van der Waals surface area contributed by atoms with Crippen LogP contribution in [0.2, 0.25) is 0 Å². The molecule has 0 aliphatic carbocycles. The van der Waals surface area contributed by atoms with E-state index in [1.807, 2.05) is 42.6 Å². The van der Waals surface area contributed by atoms with Crippen LogP contribution in [-0.4, -0.2) is 41.0 Å². The largest absolute Gasteiger partial charge is 0.507 e. The van der Waals surface area contributed by atoms with Crippen LogP contribution in [0.25, 0.3) is 16.8 Å². The molecule has 4 aromatic rings. The predicted molar refractivity (Wildman–Crippen MR) is 148 cm³/mol. The number of nitrogens with zero attached hydrogens (tertiary/aromatic N) is 2. The fraction of sp³-hybridized carbons (Fsp3) is 0.276. The maximum absolute atomic E-state index is 13.5. The number of benzene rings is 2. The second-order valence-electron chi connectivity index (χ2n) is 10.2. The maximum atomic E-state index is 13.5. The van der Waals surface area contributed by atoms with Gasteiger partial charge in [0.1, 0.15) is 11.8 Å². The number of rotatable bonds is 5. The van der Waals surface area contributed by atoms with Crippen molar-refractivity contribution in [1.82, 2.24) is 9.97 Å². The van der Waals surface area contributed by atoms with Gasteiger partial charge < -0.3 is 19.6 Å². The molecular formula is C29H29N3O5S. The Morgan fingerprint density at radius 1 is 1.08 bits per heavy atom. The second kappa shape index (κ2) is 9.33. The van der Waals surface area contributed by atoms with Gasteiger partial charge in [-0.25, -0.2) is 4.98 Å². The number of anilines is 1. The van der Waals surface area contributed by atoms with Gasteiger partial charge in [-0.1, -0.05) is 39.0 Å². The number of fused-ring (bicyclic) bond motifs is 1. The van der Waals surface area contributed by atoms with E-state index < -0.39 is 17.7 Å². The Balaban J connectivity index is 1.71. The van der Waals surface area contributed by atoms with E-state index in [9.17, 15) is 14.7 Å². The summed E-state index contributed by atoms with van der Waals surface area (Å²) < 4.78 is 10.8. The van der Waals surface area contributed by atoms with Gasteiger partial charge in [-0.2, -0.15) is 0 Å². The zero-order valence-electron chi connectivity index (χ0n) is 22.1. The van der Waals surface area contributed by atoms with Gasteiger partial charge in [0.15, 0.2) is 11.5 Å². The number of aromatic nitrogens is 2. The summed E-state index contributed by atoms with van der Waals surface area (Å²) in [6.45, 7) is 8.12. The van der Waals surface area contributed by atoms with E-state index in [1.165, 1.54) is 30.5 Å². The number of ether oxygens (including phenoxy) is 2. The molecule has 1 aliphatic rings. The molecule has 0 saturated carbocycles. The summed E-state index contributed by atoms with van der Waals surface area (Å²) in [6.07, 6.45) is 0. The van der Waals surface area contributed by atoms with Gasteiger partial charge in [0.05, 0.1) is 30.8 Å². The Kier molecular flexibility index (Phi) is 6.27. The average Bonchev–Trinajstić information content (AvgIpc) is 3.60. The van der Waals surface area contributed by atoms with E-state index in [2.05, 4.69) is 30.7 Å². The van der Waals surface area contributed by atoms with Gasteiger partial charge in [-0.3, -0.25) is 14.5 Å². The zero-order valence-corrected chi connectivity index (χ0v) is 22.9. The van der Waals surface area contributed by atoms with Crippen molar-refractivity contribution in [1.29, 1.82) is 0 Å². The second-order valence-corrected chi connectivity index (χ2v) is 11.2. The van der Waals surface area contributed by atoms with Gasteiger partial charge in [0, 0.05) is 22.6 Å². The molecule has 2 aromatic carbocycles. The topological polar surface area (TPSA) is 105 Å². The molecule has 1 unspecified atom stereocenters. The molecular weight excluding hydrogens is 502 g/mol. The standard InChI is InChI=1S/C29H29N3O5S/c1-15-9-10-16(29(2,3)4)12-17(15)25(33)23-24(22-8-7-11-38-22)32(27(35)26(23)34)28-30-18-13-20(36-5)21(37-6)14-19(18)31-28/h7-14,24,33H,1-6H3,(H,30,31)/b25-23+. The first-order valence-corrected chi connectivity index (χ1v) is 13.0. The number of Topliss-reactive ketones (excluding diaryl/α,β-unsaturated/α-hetero) is 1. The molecule has 196 valence electrons. The van der Waals surface area contributed by atoms with Crippen molar-refractivity contribution in [3.63, 3.8) is 0 Å². The van der Waals surface area contributed by atoms with Crippen LogP contribution in [0.4, 0.5) is 5.95 Å². The summed E-state index contributed by atoms with van der Waals surface area (Å²) in [6, 6.07) is 12.1. The quantitative estimate of drug-likeness (QED) is 0.190. The van der Waals surface area contributed by atoms with Gasteiger partial charge in [-0.15, -0.1) is 11.3 Å². The van der Waals surface area contributed by atoms with Crippen molar-refractivity contribution in [3.8, 4) is 11.5 Å².